The van der Waals surface area contributed by atoms with E-state index >= 15 is 0 Å². The van der Waals surface area contributed by atoms with E-state index < -0.39 is 0 Å². The minimum absolute atomic E-state index is 0.173. The van der Waals surface area contributed by atoms with Gasteiger partial charge in [-0.1, -0.05) is 0 Å². The number of benzene rings is 2. The van der Waals surface area contributed by atoms with Crippen LogP contribution in [-0.2, 0) is 0 Å². The minimum Gasteiger partial charge on any atom is -0.508 e. The molecule has 4 aromatic rings. The van der Waals surface area contributed by atoms with Crippen LogP contribution in [0.5, 0.6) is 11.5 Å². The smallest absolute Gasteiger partial charge is 0.161 e. The van der Waals surface area contributed by atoms with E-state index in [0.717, 1.165) is 28.0 Å². The second-order valence-corrected chi connectivity index (χ2v) is 6.80. The van der Waals surface area contributed by atoms with Crippen LogP contribution < -0.4 is 4.74 Å². The number of fused-ring (bicyclic) bond motifs is 1. The summed E-state index contributed by atoms with van der Waals surface area (Å²) in [5, 5.41) is 9.93. The number of methoxy groups -OCH3 is 1. The highest BCUT2D eigenvalue weighted by Crippen LogP contribution is 2.39. The number of ether oxygens (including phenoxy) is 1. The highest BCUT2D eigenvalue weighted by molar-refractivity contribution is 5.94. The molecule has 0 aliphatic heterocycles. The van der Waals surface area contributed by atoms with Crippen LogP contribution in [-0.4, -0.2) is 17.2 Å². The zero-order valence-electron chi connectivity index (χ0n) is 15.8. The maximum absolute atomic E-state index is 9.93. The van der Waals surface area contributed by atoms with Gasteiger partial charge in [0.2, 0.25) is 0 Å². The molecule has 2 aromatic carbocycles. The standard InChI is InChI=1S/C23H21NO3/c1-13-9-16(10-14(2)15(13)3)22-12-20-23(27-22)18(7-8-24-20)19-11-17(25)5-6-21(19)26-4/h5-12,25H,1-4H3. The predicted octanol–water partition coefficient (Wildman–Crippen LogP) is 5.80. The van der Waals surface area contributed by atoms with Crippen molar-refractivity contribution in [1.82, 2.24) is 4.98 Å². The van der Waals surface area contributed by atoms with Crippen LogP contribution in [0.3, 0.4) is 0 Å². The Bertz CT molecular complexity index is 1130. The lowest BCUT2D eigenvalue weighted by atomic mass is 9.99. The first-order chi connectivity index (χ1) is 13.0. The van der Waals surface area contributed by atoms with Crippen LogP contribution in [0.1, 0.15) is 16.7 Å². The third kappa shape index (κ3) is 2.93. The first-order valence-corrected chi connectivity index (χ1v) is 8.82. The molecule has 2 heterocycles. The molecular weight excluding hydrogens is 338 g/mol. The Morgan fingerprint density at radius 2 is 1.67 bits per heavy atom. The normalized spacial score (nSPS) is 11.1. The Morgan fingerprint density at radius 3 is 2.37 bits per heavy atom. The van der Waals surface area contributed by atoms with E-state index in [9.17, 15) is 5.11 Å². The van der Waals surface area contributed by atoms with Crippen LogP contribution >= 0.6 is 0 Å². The molecule has 0 aliphatic rings. The van der Waals surface area contributed by atoms with E-state index in [1.54, 1.807) is 31.5 Å². The summed E-state index contributed by atoms with van der Waals surface area (Å²) >= 11 is 0. The van der Waals surface area contributed by atoms with Crippen molar-refractivity contribution in [1.29, 1.82) is 0 Å². The number of aryl methyl sites for hydroxylation is 2. The fourth-order valence-corrected chi connectivity index (χ4v) is 3.38. The molecule has 27 heavy (non-hydrogen) atoms. The average Bonchev–Trinajstić information content (AvgIpc) is 3.10. The average molecular weight is 359 g/mol. The van der Waals surface area contributed by atoms with Gasteiger partial charge in [-0.25, -0.2) is 0 Å². The van der Waals surface area contributed by atoms with Crippen LogP contribution in [0, 0.1) is 20.8 Å². The van der Waals surface area contributed by atoms with E-state index in [4.69, 9.17) is 9.15 Å². The maximum atomic E-state index is 9.93. The number of aromatic hydroxyl groups is 1. The molecule has 0 unspecified atom stereocenters. The van der Waals surface area contributed by atoms with E-state index in [1.807, 2.05) is 12.1 Å². The summed E-state index contributed by atoms with van der Waals surface area (Å²) in [6.07, 6.45) is 1.74. The molecule has 0 radical (unpaired) electrons. The van der Waals surface area contributed by atoms with Gasteiger partial charge < -0.3 is 14.3 Å². The molecule has 0 amide bonds. The van der Waals surface area contributed by atoms with Gasteiger partial charge >= 0.3 is 0 Å². The Balaban J connectivity index is 1.93. The highest BCUT2D eigenvalue weighted by atomic mass is 16.5. The highest BCUT2D eigenvalue weighted by Gasteiger charge is 2.16. The third-order valence-electron chi connectivity index (χ3n) is 5.10. The molecule has 0 spiro atoms. The second kappa shape index (κ2) is 6.47. The Kier molecular flexibility index (Phi) is 4.11. The van der Waals surface area contributed by atoms with E-state index in [-0.39, 0.29) is 5.75 Å². The summed E-state index contributed by atoms with van der Waals surface area (Å²) in [6.45, 7) is 6.34. The van der Waals surface area contributed by atoms with Gasteiger partial charge in [0.1, 0.15) is 22.8 Å². The minimum atomic E-state index is 0.173. The second-order valence-electron chi connectivity index (χ2n) is 6.80. The molecular formula is C23H21NO3. The summed E-state index contributed by atoms with van der Waals surface area (Å²) in [4.78, 5) is 4.46. The lowest BCUT2D eigenvalue weighted by molar-refractivity contribution is 0.414. The topological polar surface area (TPSA) is 55.5 Å². The summed E-state index contributed by atoms with van der Waals surface area (Å²) < 4.78 is 11.7. The lowest BCUT2D eigenvalue weighted by Gasteiger charge is -2.09. The molecule has 0 atom stereocenters. The number of hydrogen-bond acceptors (Lipinski definition) is 4. The number of aromatic nitrogens is 1. The summed E-state index contributed by atoms with van der Waals surface area (Å²) in [5.41, 5.74) is 7.82. The van der Waals surface area contributed by atoms with Crippen LogP contribution in [0.2, 0.25) is 0 Å². The molecule has 1 N–H and O–H groups in total. The molecule has 136 valence electrons. The quantitative estimate of drug-likeness (QED) is 0.502. The van der Waals surface area contributed by atoms with Crippen molar-refractivity contribution in [2.24, 2.45) is 0 Å². The monoisotopic (exact) mass is 359 g/mol. The van der Waals surface area contributed by atoms with Crippen molar-refractivity contribution in [3.05, 3.63) is 65.4 Å². The van der Waals surface area contributed by atoms with Crippen LogP contribution in [0.15, 0.2) is 53.1 Å². The first kappa shape index (κ1) is 17.2. The van der Waals surface area contributed by atoms with Gasteiger partial charge in [-0.15, -0.1) is 0 Å². The van der Waals surface area contributed by atoms with Crippen molar-refractivity contribution in [3.8, 4) is 33.9 Å². The van der Waals surface area contributed by atoms with Crippen LogP contribution in [0.25, 0.3) is 33.6 Å². The third-order valence-corrected chi connectivity index (χ3v) is 5.10. The number of rotatable bonds is 3. The molecule has 0 aliphatic carbocycles. The predicted molar refractivity (Wildman–Crippen MR) is 107 cm³/mol. The first-order valence-electron chi connectivity index (χ1n) is 8.82. The van der Waals surface area contributed by atoms with Crippen molar-refractivity contribution in [2.75, 3.05) is 7.11 Å². The molecule has 4 heteroatoms. The molecule has 0 bridgehead atoms. The van der Waals surface area contributed by atoms with Crippen molar-refractivity contribution in [2.45, 2.75) is 20.8 Å². The molecule has 4 rings (SSSR count). The lowest BCUT2D eigenvalue weighted by Crippen LogP contribution is -1.88. The fraction of sp³-hybridized carbons (Fsp3) is 0.174. The number of phenolic OH excluding ortho intramolecular Hbond substituents is 1. The molecule has 2 aromatic heterocycles. The van der Waals surface area contributed by atoms with E-state index in [2.05, 4.69) is 37.9 Å². The zero-order chi connectivity index (χ0) is 19.1. The van der Waals surface area contributed by atoms with Gasteiger partial charge in [0, 0.05) is 29.0 Å². The van der Waals surface area contributed by atoms with Crippen molar-refractivity contribution < 1.29 is 14.3 Å². The number of phenols is 1. The Hall–Kier alpha value is -3.27. The number of furan rings is 1. The SMILES string of the molecule is COc1ccc(O)cc1-c1ccnc2cc(-c3cc(C)c(C)c(C)c3)oc12. The molecule has 4 nitrogen and oxygen atoms in total. The van der Waals surface area contributed by atoms with Gasteiger partial charge in [0.25, 0.3) is 0 Å². The van der Waals surface area contributed by atoms with Crippen LogP contribution in [0.4, 0.5) is 0 Å². The van der Waals surface area contributed by atoms with Gasteiger partial charge in [-0.2, -0.15) is 0 Å². The summed E-state index contributed by atoms with van der Waals surface area (Å²) in [6, 6.07) is 13.1. The molecule has 0 fully saturated rings. The van der Waals surface area contributed by atoms with Crippen molar-refractivity contribution in [3.63, 3.8) is 0 Å². The maximum Gasteiger partial charge on any atom is 0.161 e. The number of pyridine rings is 1. The van der Waals surface area contributed by atoms with Gasteiger partial charge in [0.15, 0.2) is 5.58 Å². The largest absolute Gasteiger partial charge is 0.508 e. The summed E-state index contributed by atoms with van der Waals surface area (Å²) in [5.74, 6) is 1.61. The van der Waals surface area contributed by atoms with Gasteiger partial charge in [-0.3, -0.25) is 4.98 Å². The fourth-order valence-electron chi connectivity index (χ4n) is 3.38. The molecule has 0 saturated carbocycles. The Labute approximate surface area is 158 Å². The number of nitrogens with zero attached hydrogens (tertiary/aromatic N) is 1. The van der Waals surface area contributed by atoms with E-state index in [1.165, 1.54) is 16.7 Å². The van der Waals surface area contributed by atoms with Gasteiger partial charge in [-0.05, 0) is 73.9 Å². The van der Waals surface area contributed by atoms with E-state index in [0.29, 0.717) is 11.3 Å². The van der Waals surface area contributed by atoms with Crippen molar-refractivity contribution >= 4 is 11.1 Å². The summed E-state index contributed by atoms with van der Waals surface area (Å²) in [7, 11) is 1.61. The number of hydrogen-bond donors (Lipinski definition) is 1. The Morgan fingerprint density at radius 1 is 0.926 bits per heavy atom. The zero-order valence-corrected chi connectivity index (χ0v) is 15.8. The van der Waals surface area contributed by atoms with Gasteiger partial charge in [0.05, 0.1) is 7.11 Å². The molecule has 0 saturated heterocycles.